The van der Waals surface area contributed by atoms with Crippen LogP contribution in [0.5, 0.6) is 0 Å². The first-order chi connectivity index (χ1) is 9.81. The van der Waals surface area contributed by atoms with Crippen molar-refractivity contribution in [2.24, 2.45) is 0 Å². The lowest BCUT2D eigenvalue weighted by atomic mass is 10.1. The monoisotopic (exact) mass is 271 g/mol. The molecule has 4 heteroatoms. The first-order valence-corrected chi connectivity index (χ1v) is 7.20. The number of hydrogen-bond acceptors (Lipinski definition) is 4. The molecule has 3 heterocycles. The third-order valence-corrected chi connectivity index (χ3v) is 4.35. The van der Waals surface area contributed by atoms with Crippen molar-refractivity contribution in [3.05, 3.63) is 36.1 Å². The SMILES string of the molecule is O=C(c1cc2ccccc2o1)C1CN2CCCC2CO1. The van der Waals surface area contributed by atoms with Crippen molar-refractivity contribution in [1.82, 2.24) is 4.90 Å². The van der Waals surface area contributed by atoms with Crippen LogP contribution >= 0.6 is 0 Å². The van der Waals surface area contributed by atoms with Crippen molar-refractivity contribution in [2.75, 3.05) is 19.7 Å². The highest BCUT2D eigenvalue weighted by molar-refractivity contribution is 6.00. The Morgan fingerprint density at radius 2 is 2.20 bits per heavy atom. The first-order valence-electron chi connectivity index (χ1n) is 7.20. The van der Waals surface area contributed by atoms with Crippen LogP contribution in [0.15, 0.2) is 34.7 Å². The lowest BCUT2D eigenvalue weighted by Crippen LogP contribution is -2.49. The number of benzene rings is 1. The zero-order chi connectivity index (χ0) is 13.5. The van der Waals surface area contributed by atoms with E-state index in [1.807, 2.05) is 30.3 Å². The molecule has 104 valence electrons. The summed E-state index contributed by atoms with van der Waals surface area (Å²) in [4.78, 5) is 14.9. The summed E-state index contributed by atoms with van der Waals surface area (Å²) in [7, 11) is 0. The Balaban J connectivity index is 1.57. The summed E-state index contributed by atoms with van der Waals surface area (Å²) in [5.74, 6) is 0.375. The normalized spacial score (nSPS) is 26.8. The molecule has 0 bridgehead atoms. The fourth-order valence-electron chi connectivity index (χ4n) is 3.24. The highest BCUT2D eigenvalue weighted by Gasteiger charge is 2.36. The van der Waals surface area contributed by atoms with E-state index in [1.165, 1.54) is 12.8 Å². The molecule has 2 aliphatic rings. The van der Waals surface area contributed by atoms with Gasteiger partial charge in [-0.2, -0.15) is 0 Å². The molecular formula is C16H17NO3. The summed E-state index contributed by atoms with van der Waals surface area (Å²) in [6.07, 6.45) is 2.01. The molecule has 4 rings (SSSR count). The predicted molar refractivity (Wildman–Crippen MR) is 74.9 cm³/mol. The molecular weight excluding hydrogens is 254 g/mol. The van der Waals surface area contributed by atoms with Crippen LogP contribution in [0, 0.1) is 0 Å². The zero-order valence-electron chi connectivity index (χ0n) is 11.2. The van der Waals surface area contributed by atoms with E-state index in [1.54, 1.807) is 0 Å². The minimum absolute atomic E-state index is 0.0356. The highest BCUT2D eigenvalue weighted by atomic mass is 16.5. The Labute approximate surface area is 117 Å². The number of ether oxygens (including phenoxy) is 1. The van der Waals surface area contributed by atoms with Gasteiger partial charge in [0.2, 0.25) is 5.78 Å². The maximum absolute atomic E-state index is 12.5. The quantitative estimate of drug-likeness (QED) is 0.787. The van der Waals surface area contributed by atoms with Crippen LogP contribution in [0.25, 0.3) is 11.0 Å². The number of ketones is 1. The minimum atomic E-state index is -0.384. The van der Waals surface area contributed by atoms with Gasteiger partial charge in [0.15, 0.2) is 5.76 Å². The van der Waals surface area contributed by atoms with Gasteiger partial charge in [-0.25, -0.2) is 0 Å². The fourth-order valence-corrected chi connectivity index (χ4v) is 3.24. The zero-order valence-corrected chi connectivity index (χ0v) is 11.2. The van der Waals surface area contributed by atoms with Crippen LogP contribution in [0.1, 0.15) is 23.4 Å². The van der Waals surface area contributed by atoms with E-state index in [2.05, 4.69) is 4.90 Å². The number of rotatable bonds is 2. The van der Waals surface area contributed by atoms with Crippen molar-refractivity contribution < 1.29 is 13.9 Å². The van der Waals surface area contributed by atoms with Crippen molar-refractivity contribution in [2.45, 2.75) is 25.0 Å². The summed E-state index contributed by atoms with van der Waals surface area (Å²) in [5, 5.41) is 0.964. The third-order valence-electron chi connectivity index (χ3n) is 4.35. The summed E-state index contributed by atoms with van der Waals surface area (Å²) >= 11 is 0. The fraction of sp³-hybridized carbons (Fsp3) is 0.438. The van der Waals surface area contributed by atoms with Crippen molar-refractivity contribution >= 4 is 16.8 Å². The van der Waals surface area contributed by atoms with Gasteiger partial charge in [0.05, 0.1) is 6.61 Å². The van der Waals surface area contributed by atoms with Gasteiger partial charge < -0.3 is 9.15 Å². The number of nitrogens with zero attached hydrogens (tertiary/aromatic N) is 1. The number of carbonyl (C=O) groups excluding carboxylic acids is 1. The van der Waals surface area contributed by atoms with Crippen molar-refractivity contribution in [3.8, 4) is 0 Å². The Kier molecular flexibility index (Phi) is 2.86. The number of carbonyl (C=O) groups is 1. The van der Waals surface area contributed by atoms with Crippen LogP contribution in [-0.4, -0.2) is 42.5 Å². The molecule has 2 aromatic rings. The summed E-state index contributed by atoms with van der Waals surface area (Å²) in [6.45, 7) is 2.44. The molecule has 4 nitrogen and oxygen atoms in total. The first kappa shape index (κ1) is 12.1. The Bertz CT molecular complexity index is 615. The second kappa shape index (κ2) is 4.72. The number of Topliss-reactive ketones (excluding diaryl/α,β-unsaturated/α-hetero) is 1. The molecule has 0 spiro atoms. The second-order valence-electron chi connectivity index (χ2n) is 5.63. The van der Waals surface area contributed by atoms with Gasteiger partial charge in [0.25, 0.3) is 0 Å². The predicted octanol–water partition coefficient (Wildman–Crippen LogP) is 2.48. The van der Waals surface area contributed by atoms with E-state index in [0.29, 0.717) is 25.0 Å². The standard InChI is InChI=1S/C16H17NO3/c18-16(14-8-11-4-1-2-6-13(11)20-14)15-9-17-7-3-5-12(17)10-19-15/h1-2,4,6,8,12,15H,3,5,7,9-10H2. The van der Waals surface area contributed by atoms with Gasteiger partial charge in [0.1, 0.15) is 11.7 Å². The van der Waals surface area contributed by atoms with E-state index < -0.39 is 0 Å². The molecule has 0 saturated carbocycles. The molecule has 0 aliphatic carbocycles. The molecule has 1 aromatic heterocycles. The van der Waals surface area contributed by atoms with Gasteiger partial charge in [-0.05, 0) is 31.5 Å². The molecule has 2 saturated heterocycles. The Morgan fingerprint density at radius 1 is 1.30 bits per heavy atom. The van der Waals surface area contributed by atoms with Crippen molar-refractivity contribution in [1.29, 1.82) is 0 Å². The Hall–Kier alpha value is -1.65. The molecule has 0 radical (unpaired) electrons. The van der Waals surface area contributed by atoms with Gasteiger partial charge in [0, 0.05) is 18.0 Å². The smallest absolute Gasteiger partial charge is 0.227 e. The highest BCUT2D eigenvalue weighted by Crippen LogP contribution is 2.26. The minimum Gasteiger partial charge on any atom is -0.453 e. The molecule has 0 amide bonds. The van der Waals surface area contributed by atoms with Crippen LogP contribution in [0.4, 0.5) is 0 Å². The van der Waals surface area contributed by atoms with Gasteiger partial charge in [-0.15, -0.1) is 0 Å². The van der Waals surface area contributed by atoms with Crippen molar-refractivity contribution in [3.63, 3.8) is 0 Å². The second-order valence-corrected chi connectivity index (χ2v) is 5.63. The largest absolute Gasteiger partial charge is 0.453 e. The molecule has 20 heavy (non-hydrogen) atoms. The van der Waals surface area contributed by atoms with Crippen LogP contribution in [0.2, 0.25) is 0 Å². The average Bonchev–Trinajstić information content (AvgIpc) is 3.11. The summed E-state index contributed by atoms with van der Waals surface area (Å²) in [6, 6.07) is 10.0. The molecule has 2 atom stereocenters. The van der Waals surface area contributed by atoms with Crippen LogP contribution in [-0.2, 0) is 4.74 Å². The number of hydrogen-bond donors (Lipinski definition) is 0. The number of para-hydroxylation sites is 1. The molecule has 1 aromatic carbocycles. The van der Waals surface area contributed by atoms with E-state index in [9.17, 15) is 4.79 Å². The topological polar surface area (TPSA) is 42.7 Å². The maximum Gasteiger partial charge on any atom is 0.227 e. The van der Waals surface area contributed by atoms with E-state index >= 15 is 0 Å². The molecule has 0 N–H and O–H groups in total. The van der Waals surface area contributed by atoms with Gasteiger partial charge >= 0.3 is 0 Å². The molecule has 2 aliphatic heterocycles. The maximum atomic E-state index is 12.5. The average molecular weight is 271 g/mol. The number of fused-ring (bicyclic) bond motifs is 2. The van der Waals surface area contributed by atoms with Crippen LogP contribution in [0.3, 0.4) is 0 Å². The molecule has 2 fully saturated rings. The molecule has 2 unspecified atom stereocenters. The van der Waals surface area contributed by atoms with E-state index in [0.717, 1.165) is 17.5 Å². The summed E-state index contributed by atoms with van der Waals surface area (Å²) < 4.78 is 11.4. The Morgan fingerprint density at radius 3 is 3.10 bits per heavy atom. The number of morpholine rings is 1. The lowest BCUT2D eigenvalue weighted by Gasteiger charge is -2.33. The van der Waals surface area contributed by atoms with Gasteiger partial charge in [-0.3, -0.25) is 9.69 Å². The van der Waals surface area contributed by atoms with E-state index in [-0.39, 0.29) is 11.9 Å². The van der Waals surface area contributed by atoms with Gasteiger partial charge in [-0.1, -0.05) is 18.2 Å². The van der Waals surface area contributed by atoms with E-state index in [4.69, 9.17) is 9.15 Å². The lowest BCUT2D eigenvalue weighted by molar-refractivity contribution is -0.0353. The summed E-state index contributed by atoms with van der Waals surface area (Å²) in [5.41, 5.74) is 0.755. The van der Waals surface area contributed by atoms with Crippen LogP contribution < -0.4 is 0 Å². The number of furan rings is 1. The third kappa shape index (κ3) is 1.96.